The van der Waals surface area contributed by atoms with E-state index < -0.39 is 19.0 Å². The van der Waals surface area contributed by atoms with E-state index in [2.05, 4.69) is 0 Å². The number of hydrogen-bond acceptors (Lipinski definition) is 3. The molecule has 0 radical (unpaired) electrons. The maximum absolute atomic E-state index is 11.2. The fourth-order valence-electron chi connectivity index (χ4n) is 2.01. The SMILES string of the molecule is NC1(O)c2ccccc2CC1P(=O)(O)O. The normalized spacial score (nSPS) is 30.3. The molecule has 2 unspecified atom stereocenters. The number of fused-ring (bicyclic) bond motifs is 1. The lowest BCUT2D eigenvalue weighted by molar-refractivity contribution is 0.0421. The summed E-state index contributed by atoms with van der Waals surface area (Å²) in [5.74, 6) is 0. The summed E-state index contributed by atoms with van der Waals surface area (Å²) in [6.07, 6.45) is 0.105. The summed E-state index contributed by atoms with van der Waals surface area (Å²) in [6, 6.07) is 6.73. The second kappa shape index (κ2) is 3.14. The average molecular weight is 229 g/mol. The van der Waals surface area contributed by atoms with Crippen molar-refractivity contribution in [1.29, 1.82) is 0 Å². The van der Waals surface area contributed by atoms with Crippen molar-refractivity contribution in [2.75, 3.05) is 0 Å². The highest BCUT2D eigenvalue weighted by Gasteiger charge is 2.51. The average Bonchev–Trinajstić information content (AvgIpc) is 2.39. The van der Waals surface area contributed by atoms with Gasteiger partial charge in [0.2, 0.25) is 0 Å². The molecule has 0 heterocycles. The molecule has 2 rings (SSSR count). The van der Waals surface area contributed by atoms with E-state index in [1.165, 1.54) is 0 Å². The van der Waals surface area contributed by atoms with Gasteiger partial charge in [-0.1, -0.05) is 24.3 Å². The van der Waals surface area contributed by atoms with Crippen molar-refractivity contribution >= 4 is 7.60 Å². The highest BCUT2D eigenvalue weighted by atomic mass is 31.2. The van der Waals surface area contributed by atoms with Gasteiger partial charge in [-0.05, 0) is 12.0 Å². The van der Waals surface area contributed by atoms with Crippen molar-refractivity contribution in [2.45, 2.75) is 17.8 Å². The third-order valence-corrected chi connectivity index (χ3v) is 4.16. The third kappa shape index (κ3) is 1.62. The fraction of sp³-hybridized carbons (Fsp3) is 0.333. The maximum Gasteiger partial charge on any atom is 0.333 e. The molecular weight excluding hydrogens is 217 g/mol. The van der Waals surface area contributed by atoms with Crippen LogP contribution >= 0.6 is 7.60 Å². The Kier molecular flexibility index (Phi) is 2.26. The summed E-state index contributed by atoms with van der Waals surface area (Å²) in [5.41, 5.74) is 3.49. The van der Waals surface area contributed by atoms with E-state index in [9.17, 15) is 9.67 Å². The van der Waals surface area contributed by atoms with Crippen LogP contribution in [0.5, 0.6) is 0 Å². The lowest BCUT2D eigenvalue weighted by Gasteiger charge is -2.26. The molecule has 5 N–H and O–H groups in total. The van der Waals surface area contributed by atoms with E-state index in [1.807, 2.05) is 0 Å². The molecular formula is C9H12NO4P. The van der Waals surface area contributed by atoms with Crippen molar-refractivity contribution in [1.82, 2.24) is 0 Å². The summed E-state index contributed by atoms with van der Waals surface area (Å²) in [7, 11) is -4.39. The van der Waals surface area contributed by atoms with Gasteiger partial charge in [0.25, 0.3) is 0 Å². The van der Waals surface area contributed by atoms with Gasteiger partial charge in [0.05, 0.1) is 0 Å². The van der Waals surface area contributed by atoms with E-state index in [-0.39, 0.29) is 6.42 Å². The van der Waals surface area contributed by atoms with Gasteiger partial charge < -0.3 is 14.9 Å². The van der Waals surface area contributed by atoms with Gasteiger partial charge in [0.15, 0.2) is 5.72 Å². The molecule has 0 fully saturated rings. The Balaban J connectivity index is 2.52. The number of nitrogens with two attached hydrogens (primary N) is 1. The van der Waals surface area contributed by atoms with Crippen molar-refractivity contribution in [3.8, 4) is 0 Å². The zero-order valence-corrected chi connectivity index (χ0v) is 8.76. The Hall–Kier alpha value is -0.710. The molecule has 15 heavy (non-hydrogen) atoms. The van der Waals surface area contributed by atoms with Gasteiger partial charge >= 0.3 is 7.60 Å². The largest absolute Gasteiger partial charge is 0.371 e. The van der Waals surface area contributed by atoms with Crippen LogP contribution in [0.2, 0.25) is 0 Å². The standard InChI is InChI=1S/C9H12NO4P/c10-9(11)7-4-2-1-3-6(7)5-8(9)15(12,13)14/h1-4,8,11H,5,10H2,(H2,12,13,14). The summed E-state index contributed by atoms with van der Waals surface area (Å²) >= 11 is 0. The summed E-state index contributed by atoms with van der Waals surface area (Å²) in [4.78, 5) is 18.2. The van der Waals surface area contributed by atoms with Crippen LogP contribution in [0.3, 0.4) is 0 Å². The first-order chi connectivity index (χ1) is 6.83. The Morgan fingerprint density at radius 3 is 2.53 bits per heavy atom. The molecule has 0 amide bonds. The first-order valence-electron chi connectivity index (χ1n) is 4.48. The van der Waals surface area contributed by atoms with Gasteiger partial charge in [-0.15, -0.1) is 0 Å². The van der Waals surface area contributed by atoms with E-state index >= 15 is 0 Å². The molecule has 0 saturated heterocycles. The monoisotopic (exact) mass is 229 g/mol. The molecule has 0 bridgehead atoms. The zero-order valence-electron chi connectivity index (χ0n) is 7.87. The minimum absolute atomic E-state index is 0.105. The summed E-state index contributed by atoms with van der Waals surface area (Å²) in [5, 5.41) is 9.93. The van der Waals surface area contributed by atoms with Crippen LogP contribution in [0, 0.1) is 0 Å². The first-order valence-corrected chi connectivity index (χ1v) is 6.16. The highest BCUT2D eigenvalue weighted by molar-refractivity contribution is 7.52. The second-order valence-electron chi connectivity index (χ2n) is 3.79. The number of rotatable bonds is 1. The van der Waals surface area contributed by atoms with Crippen LogP contribution in [0.25, 0.3) is 0 Å². The molecule has 0 spiro atoms. The van der Waals surface area contributed by atoms with E-state index in [1.54, 1.807) is 24.3 Å². The molecule has 0 aromatic heterocycles. The molecule has 1 aromatic rings. The number of hydrogen-bond donors (Lipinski definition) is 4. The highest BCUT2D eigenvalue weighted by Crippen LogP contribution is 2.53. The van der Waals surface area contributed by atoms with Crippen molar-refractivity contribution in [2.24, 2.45) is 5.73 Å². The smallest absolute Gasteiger partial charge is 0.333 e. The van der Waals surface area contributed by atoms with Gasteiger partial charge in [-0.3, -0.25) is 10.3 Å². The molecule has 1 aliphatic carbocycles. The van der Waals surface area contributed by atoms with Crippen molar-refractivity contribution < 1.29 is 19.5 Å². The van der Waals surface area contributed by atoms with Crippen molar-refractivity contribution in [3.63, 3.8) is 0 Å². The lowest BCUT2D eigenvalue weighted by atomic mass is 10.1. The fourth-order valence-corrected chi connectivity index (χ4v) is 3.09. The molecule has 1 aromatic carbocycles. The van der Waals surface area contributed by atoms with Gasteiger partial charge in [-0.2, -0.15) is 0 Å². The Bertz CT molecular complexity index is 439. The minimum atomic E-state index is -4.39. The van der Waals surface area contributed by atoms with E-state index in [0.29, 0.717) is 11.1 Å². The first kappa shape index (κ1) is 10.8. The van der Waals surface area contributed by atoms with Crippen LogP contribution in [0.15, 0.2) is 24.3 Å². The summed E-state index contributed by atoms with van der Waals surface area (Å²) < 4.78 is 11.2. The predicted molar refractivity (Wildman–Crippen MR) is 54.1 cm³/mol. The van der Waals surface area contributed by atoms with Crippen molar-refractivity contribution in [3.05, 3.63) is 35.4 Å². The maximum atomic E-state index is 11.2. The predicted octanol–water partition coefficient (Wildman–Crippen LogP) is -0.107. The Morgan fingerprint density at radius 1 is 1.40 bits per heavy atom. The van der Waals surface area contributed by atoms with Crippen LogP contribution in [0.4, 0.5) is 0 Å². The molecule has 0 saturated carbocycles. The van der Waals surface area contributed by atoms with Crippen LogP contribution in [0.1, 0.15) is 11.1 Å². The molecule has 0 aliphatic heterocycles. The van der Waals surface area contributed by atoms with E-state index in [4.69, 9.17) is 15.5 Å². The van der Waals surface area contributed by atoms with Gasteiger partial charge in [0.1, 0.15) is 5.66 Å². The van der Waals surface area contributed by atoms with Gasteiger partial charge in [0, 0.05) is 5.56 Å². The Morgan fingerprint density at radius 2 is 2.00 bits per heavy atom. The minimum Gasteiger partial charge on any atom is -0.371 e. The lowest BCUT2D eigenvalue weighted by Crippen LogP contribution is -2.44. The molecule has 6 heteroatoms. The van der Waals surface area contributed by atoms with Gasteiger partial charge in [-0.25, -0.2) is 0 Å². The van der Waals surface area contributed by atoms with Crippen LogP contribution < -0.4 is 5.73 Å². The topological polar surface area (TPSA) is 104 Å². The molecule has 2 atom stereocenters. The Labute approximate surface area is 86.7 Å². The van der Waals surface area contributed by atoms with E-state index in [0.717, 1.165) is 0 Å². The third-order valence-electron chi connectivity index (χ3n) is 2.78. The molecule has 82 valence electrons. The zero-order chi connectivity index (χ0) is 11.3. The quantitative estimate of drug-likeness (QED) is 0.397. The summed E-state index contributed by atoms with van der Waals surface area (Å²) in [6.45, 7) is 0. The molecule has 1 aliphatic rings. The number of aliphatic hydroxyl groups is 1. The second-order valence-corrected chi connectivity index (χ2v) is 5.59. The molecule has 5 nitrogen and oxygen atoms in total. The number of benzene rings is 1. The van der Waals surface area contributed by atoms with Crippen LogP contribution in [-0.2, 0) is 16.7 Å². The van der Waals surface area contributed by atoms with Crippen LogP contribution in [-0.4, -0.2) is 20.6 Å².